The van der Waals surface area contributed by atoms with Crippen molar-refractivity contribution < 1.29 is 17.6 Å². The molecule has 0 saturated heterocycles. The molecule has 2 rings (SSSR count). The third-order valence-electron chi connectivity index (χ3n) is 2.91. The first-order valence-corrected chi connectivity index (χ1v) is 6.35. The van der Waals surface area contributed by atoms with Crippen LogP contribution in [0.3, 0.4) is 0 Å². The Morgan fingerprint density at radius 1 is 1.19 bits per heavy atom. The van der Waals surface area contributed by atoms with Gasteiger partial charge in [0.1, 0.15) is 5.82 Å². The van der Waals surface area contributed by atoms with Gasteiger partial charge in [-0.25, -0.2) is 4.39 Å². The van der Waals surface area contributed by atoms with E-state index < -0.39 is 17.6 Å². The van der Waals surface area contributed by atoms with E-state index in [1.54, 1.807) is 0 Å². The van der Waals surface area contributed by atoms with Gasteiger partial charge in [-0.05, 0) is 24.6 Å². The fraction of sp³-hybridized carbons (Fsp3) is 0.154. The molecule has 0 bridgehead atoms. The maximum atomic E-state index is 13.9. The van der Waals surface area contributed by atoms with Crippen LogP contribution in [0.25, 0.3) is 11.3 Å². The molecular formula is C13H8Cl2F4N2. The van der Waals surface area contributed by atoms with Crippen LogP contribution in [0, 0.1) is 12.7 Å². The van der Waals surface area contributed by atoms with Crippen LogP contribution in [0.4, 0.5) is 23.2 Å². The maximum Gasteiger partial charge on any atom is 0.418 e. The average Bonchev–Trinajstić information content (AvgIpc) is 2.36. The van der Waals surface area contributed by atoms with Crippen LogP contribution >= 0.6 is 23.2 Å². The molecule has 0 aliphatic carbocycles. The highest BCUT2D eigenvalue weighted by Gasteiger charge is 2.34. The Kier molecular flexibility index (Phi) is 4.04. The lowest BCUT2D eigenvalue weighted by Crippen LogP contribution is -2.09. The molecule has 1 heterocycles. The third-order valence-corrected chi connectivity index (χ3v) is 3.70. The number of halogens is 6. The smallest absolute Gasteiger partial charge is 0.398 e. The molecule has 21 heavy (non-hydrogen) atoms. The lowest BCUT2D eigenvalue weighted by molar-refractivity contribution is -0.138. The maximum absolute atomic E-state index is 13.9. The van der Waals surface area contributed by atoms with E-state index in [4.69, 9.17) is 28.9 Å². The molecule has 2 aromatic rings. The van der Waals surface area contributed by atoms with Crippen LogP contribution < -0.4 is 5.73 Å². The third kappa shape index (κ3) is 2.91. The Labute approximate surface area is 127 Å². The van der Waals surface area contributed by atoms with Crippen LogP contribution in [0.15, 0.2) is 18.3 Å². The molecule has 0 radical (unpaired) electrons. The van der Waals surface area contributed by atoms with E-state index in [9.17, 15) is 17.6 Å². The van der Waals surface area contributed by atoms with Gasteiger partial charge < -0.3 is 5.73 Å². The molecule has 112 valence electrons. The van der Waals surface area contributed by atoms with Crippen molar-refractivity contribution in [2.24, 2.45) is 0 Å². The molecule has 0 amide bonds. The number of pyridine rings is 1. The molecule has 0 saturated carbocycles. The molecule has 0 atom stereocenters. The Morgan fingerprint density at radius 2 is 1.81 bits per heavy atom. The van der Waals surface area contributed by atoms with E-state index in [0.29, 0.717) is 6.20 Å². The van der Waals surface area contributed by atoms with Crippen LogP contribution in [0.5, 0.6) is 0 Å². The second kappa shape index (κ2) is 5.35. The fourth-order valence-electron chi connectivity index (χ4n) is 1.80. The Bertz CT molecular complexity index is 714. The van der Waals surface area contributed by atoms with Crippen molar-refractivity contribution in [1.29, 1.82) is 0 Å². The van der Waals surface area contributed by atoms with Gasteiger partial charge in [-0.3, -0.25) is 4.98 Å². The van der Waals surface area contributed by atoms with Gasteiger partial charge in [0.05, 0.1) is 27.0 Å². The van der Waals surface area contributed by atoms with Gasteiger partial charge in [0, 0.05) is 11.8 Å². The molecule has 1 aromatic heterocycles. The number of alkyl halides is 3. The molecule has 0 unspecified atom stereocenters. The topological polar surface area (TPSA) is 38.9 Å². The van der Waals surface area contributed by atoms with Crippen molar-refractivity contribution >= 4 is 28.9 Å². The van der Waals surface area contributed by atoms with E-state index >= 15 is 0 Å². The second-order valence-electron chi connectivity index (χ2n) is 4.31. The summed E-state index contributed by atoms with van der Waals surface area (Å²) in [5.41, 5.74) is 4.20. The summed E-state index contributed by atoms with van der Waals surface area (Å²) in [6, 6.07) is 2.13. The summed E-state index contributed by atoms with van der Waals surface area (Å²) in [6.45, 7) is 1.19. The minimum atomic E-state index is -4.59. The number of nitrogens with two attached hydrogens (primary N) is 1. The molecule has 0 aliphatic heterocycles. The van der Waals surface area contributed by atoms with Gasteiger partial charge in [-0.2, -0.15) is 13.2 Å². The number of hydrogen-bond acceptors (Lipinski definition) is 2. The number of hydrogen-bond donors (Lipinski definition) is 1. The van der Waals surface area contributed by atoms with Crippen molar-refractivity contribution in [3.63, 3.8) is 0 Å². The molecule has 1 aromatic carbocycles. The predicted molar refractivity (Wildman–Crippen MR) is 73.8 cm³/mol. The van der Waals surface area contributed by atoms with Crippen molar-refractivity contribution in [3.05, 3.63) is 45.3 Å². The summed E-state index contributed by atoms with van der Waals surface area (Å²) < 4.78 is 52.1. The molecule has 8 heteroatoms. The Morgan fingerprint density at radius 3 is 2.38 bits per heavy atom. The number of benzene rings is 1. The molecule has 2 nitrogen and oxygen atoms in total. The van der Waals surface area contributed by atoms with E-state index in [1.807, 2.05) is 0 Å². The highest BCUT2D eigenvalue weighted by Crippen LogP contribution is 2.39. The SMILES string of the molecule is Cc1c(C(F)(F)F)cnc(-c2cc(N)c(Cl)cc2F)c1Cl. The van der Waals surface area contributed by atoms with Crippen molar-refractivity contribution in [3.8, 4) is 11.3 Å². The lowest BCUT2D eigenvalue weighted by atomic mass is 10.0. The molecule has 2 N–H and O–H groups in total. The molecule has 0 fully saturated rings. The molecular weight excluding hydrogens is 331 g/mol. The zero-order valence-electron chi connectivity index (χ0n) is 10.5. The van der Waals surface area contributed by atoms with Gasteiger partial charge >= 0.3 is 6.18 Å². The highest BCUT2D eigenvalue weighted by molar-refractivity contribution is 6.34. The largest absolute Gasteiger partial charge is 0.418 e. The van der Waals surface area contributed by atoms with Crippen molar-refractivity contribution in [1.82, 2.24) is 4.98 Å². The van der Waals surface area contributed by atoms with Crippen molar-refractivity contribution in [2.45, 2.75) is 13.1 Å². The summed E-state index contributed by atoms with van der Waals surface area (Å²) in [5.74, 6) is -0.775. The number of anilines is 1. The van der Waals surface area contributed by atoms with Crippen molar-refractivity contribution in [2.75, 3.05) is 5.73 Å². The van der Waals surface area contributed by atoms with E-state index in [1.165, 1.54) is 13.0 Å². The normalized spacial score (nSPS) is 11.8. The predicted octanol–water partition coefficient (Wildman–Crippen LogP) is 5.10. The van der Waals surface area contributed by atoms with Gasteiger partial charge in [-0.15, -0.1) is 0 Å². The summed E-state index contributed by atoms with van der Waals surface area (Å²) in [5, 5.41) is -0.290. The van der Waals surface area contributed by atoms with Gasteiger partial charge in [0.15, 0.2) is 0 Å². The van der Waals surface area contributed by atoms with Crippen LogP contribution in [-0.2, 0) is 6.18 Å². The summed E-state index contributed by atoms with van der Waals surface area (Å²) in [6.07, 6.45) is -3.97. The number of nitrogen functional groups attached to an aromatic ring is 1. The van der Waals surface area contributed by atoms with E-state index in [0.717, 1.165) is 6.07 Å². The zero-order valence-corrected chi connectivity index (χ0v) is 12.0. The van der Waals surface area contributed by atoms with E-state index in [-0.39, 0.29) is 32.6 Å². The second-order valence-corrected chi connectivity index (χ2v) is 5.10. The summed E-state index contributed by atoms with van der Waals surface area (Å²) in [4.78, 5) is 3.62. The van der Waals surface area contributed by atoms with Crippen LogP contribution in [-0.4, -0.2) is 4.98 Å². The first kappa shape index (κ1) is 15.9. The minimum Gasteiger partial charge on any atom is -0.398 e. The number of nitrogens with zero attached hydrogens (tertiary/aromatic N) is 1. The summed E-state index contributed by atoms with van der Waals surface area (Å²) in [7, 11) is 0. The van der Waals surface area contributed by atoms with Crippen LogP contribution in [0.2, 0.25) is 10.0 Å². The Balaban J connectivity index is 2.67. The minimum absolute atomic E-state index is 0.00370. The monoisotopic (exact) mass is 338 g/mol. The molecule has 0 aliphatic rings. The zero-order chi connectivity index (χ0) is 15.9. The quantitative estimate of drug-likeness (QED) is 0.580. The van der Waals surface area contributed by atoms with Gasteiger partial charge in [-0.1, -0.05) is 23.2 Å². The first-order chi connectivity index (χ1) is 9.62. The van der Waals surface area contributed by atoms with Gasteiger partial charge in [0.25, 0.3) is 0 Å². The fourth-order valence-corrected chi connectivity index (χ4v) is 2.20. The number of rotatable bonds is 1. The first-order valence-electron chi connectivity index (χ1n) is 5.60. The average molecular weight is 339 g/mol. The molecule has 0 spiro atoms. The van der Waals surface area contributed by atoms with Gasteiger partial charge in [0.2, 0.25) is 0 Å². The van der Waals surface area contributed by atoms with E-state index in [2.05, 4.69) is 4.98 Å². The standard InChI is InChI=1S/C13H8Cl2F4N2/c1-5-7(13(17,18)19)4-21-12(11(5)15)6-2-10(20)8(14)3-9(6)16/h2-4H,20H2,1H3. The Hall–Kier alpha value is -1.53. The number of aromatic nitrogens is 1. The van der Waals surface area contributed by atoms with Crippen LogP contribution in [0.1, 0.15) is 11.1 Å². The lowest BCUT2D eigenvalue weighted by Gasteiger charge is -2.14. The highest BCUT2D eigenvalue weighted by atomic mass is 35.5. The summed E-state index contributed by atoms with van der Waals surface area (Å²) >= 11 is 11.6.